The number of hydrogen-bond acceptors (Lipinski definition) is 8. The van der Waals surface area contributed by atoms with Crippen molar-refractivity contribution in [3.05, 3.63) is 46.9 Å². The number of benzene rings is 2. The summed E-state index contributed by atoms with van der Waals surface area (Å²) in [5, 5.41) is 2.01. The van der Waals surface area contributed by atoms with Crippen LogP contribution in [-0.2, 0) is 9.59 Å². The molecule has 4 rings (SSSR count). The third kappa shape index (κ3) is 5.22. The van der Waals surface area contributed by atoms with Crippen molar-refractivity contribution in [3.8, 4) is 23.0 Å². The summed E-state index contributed by atoms with van der Waals surface area (Å²) in [5.41, 5.74) is 0.847. The maximum atomic E-state index is 12.7. The van der Waals surface area contributed by atoms with Gasteiger partial charge in [0, 0.05) is 11.8 Å². The molecule has 0 saturated carbocycles. The van der Waals surface area contributed by atoms with Gasteiger partial charge in [0.25, 0.3) is 11.1 Å². The third-order valence-corrected chi connectivity index (χ3v) is 5.61. The summed E-state index contributed by atoms with van der Waals surface area (Å²) in [4.78, 5) is 38.4. The maximum absolute atomic E-state index is 12.7. The number of imide groups is 1. The minimum absolute atomic E-state index is 0.0343. The van der Waals surface area contributed by atoms with Crippen molar-refractivity contribution in [2.24, 2.45) is 0 Å². The van der Waals surface area contributed by atoms with Gasteiger partial charge in [-0.25, -0.2) is 0 Å². The second-order valence-corrected chi connectivity index (χ2v) is 7.96. The molecule has 0 spiro atoms. The van der Waals surface area contributed by atoms with Crippen molar-refractivity contribution < 1.29 is 42.1 Å². The van der Waals surface area contributed by atoms with Gasteiger partial charge in [0.15, 0.2) is 23.0 Å². The third-order valence-electron chi connectivity index (χ3n) is 4.70. The Morgan fingerprint density at radius 2 is 1.91 bits per heavy atom. The van der Waals surface area contributed by atoms with Gasteiger partial charge in [-0.1, -0.05) is 6.07 Å². The quantitative estimate of drug-likeness (QED) is 0.583. The van der Waals surface area contributed by atoms with Gasteiger partial charge in [-0.05, 0) is 47.7 Å². The Bertz CT molecular complexity index is 1170. The van der Waals surface area contributed by atoms with Gasteiger partial charge < -0.3 is 24.3 Å². The molecule has 1 N–H and O–H groups in total. The fourth-order valence-corrected chi connectivity index (χ4v) is 4.06. The van der Waals surface area contributed by atoms with Crippen LogP contribution >= 0.6 is 11.8 Å². The molecule has 1 fully saturated rings. The van der Waals surface area contributed by atoms with Crippen LogP contribution in [0.15, 0.2) is 41.3 Å². The first kappa shape index (κ1) is 23.4. The first-order chi connectivity index (χ1) is 16.3. The van der Waals surface area contributed by atoms with E-state index in [-0.39, 0.29) is 16.4 Å². The Hall–Kier alpha value is -3.80. The van der Waals surface area contributed by atoms with E-state index in [0.717, 1.165) is 4.90 Å². The molecule has 2 aliphatic heterocycles. The van der Waals surface area contributed by atoms with E-state index in [1.54, 1.807) is 18.2 Å². The van der Waals surface area contributed by atoms with E-state index in [9.17, 15) is 23.2 Å². The van der Waals surface area contributed by atoms with Gasteiger partial charge in [0.2, 0.25) is 5.91 Å². The Morgan fingerprint density at radius 3 is 2.65 bits per heavy atom. The van der Waals surface area contributed by atoms with E-state index in [0.29, 0.717) is 47.7 Å². The Balaban J connectivity index is 1.43. The van der Waals surface area contributed by atoms with Gasteiger partial charge in [-0.2, -0.15) is 8.78 Å². The number of fused-ring (bicyclic) bond motifs is 1. The number of ether oxygens (including phenoxy) is 4. The fourth-order valence-electron chi connectivity index (χ4n) is 3.22. The molecular weight excluding hydrogens is 474 g/mol. The van der Waals surface area contributed by atoms with E-state index in [1.807, 2.05) is 0 Å². The molecule has 34 heavy (non-hydrogen) atoms. The normalized spacial score (nSPS) is 16.2. The number of carbonyl (C=O) groups excluding carboxylic acids is 3. The van der Waals surface area contributed by atoms with Crippen molar-refractivity contribution in [1.29, 1.82) is 0 Å². The molecule has 0 aliphatic carbocycles. The number of nitrogens with zero attached hydrogens (tertiary/aromatic N) is 1. The van der Waals surface area contributed by atoms with Crippen LogP contribution in [0.1, 0.15) is 5.56 Å². The second-order valence-electron chi connectivity index (χ2n) is 6.96. The average molecular weight is 492 g/mol. The number of thioether (sulfide) groups is 1. The van der Waals surface area contributed by atoms with Crippen molar-refractivity contribution >= 4 is 40.6 Å². The van der Waals surface area contributed by atoms with Crippen LogP contribution in [0.4, 0.5) is 19.3 Å². The molecule has 9 nitrogen and oxygen atoms in total. The molecule has 0 bridgehead atoms. The highest BCUT2D eigenvalue weighted by Crippen LogP contribution is 2.35. The van der Waals surface area contributed by atoms with E-state index >= 15 is 0 Å². The lowest BCUT2D eigenvalue weighted by Crippen LogP contribution is -2.36. The van der Waals surface area contributed by atoms with Crippen LogP contribution in [0.5, 0.6) is 23.0 Å². The molecule has 0 atom stereocenters. The largest absolute Gasteiger partial charge is 0.493 e. The maximum Gasteiger partial charge on any atom is 0.387 e. The minimum atomic E-state index is -3.02. The zero-order valence-electron chi connectivity index (χ0n) is 17.7. The van der Waals surface area contributed by atoms with E-state index in [4.69, 9.17) is 14.2 Å². The number of methoxy groups -OCH3 is 1. The van der Waals surface area contributed by atoms with Crippen LogP contribution in [0.3, 0.4) is 0 Å². The standard InChI is InChI=1S/C22H18F2N2O7S/c1-30-16-8-12(2-4-15(16)33-21(23)24)9-18-20(28)26(22(29)34-18)11-19(27)25-13-3-5-14-17(10-13)32-7-6-31-14/h2-5,8-10,21H,6-7,11H2,1H3,(H,25,27). The molecule has 0 radical (unpaired) electrons. The SMILES string of the molecule is COc1cc(C=C2SC(=O)N(CC(=O)Nc3ccc4c(c3)OCCO4)C2=O)ccc1OC(F)F. The van der Waals surface area contributed by atoms with Gasteiger partial charge in [-0.3, -0.25) is 19.3 Å². The zero-order chi connectivity index (χ0) is 24.2. The van der Waals surface area contributed by atoms with Crippen molar-refractivity contribution in [3.63, 3.8) is 0 Å². The number of halogens is 2. The number of carbonyl (C=O) groups is 3. The number of rotatable bonds is 7. The van der Waals surface area contributed by atoms with Crippen LogP contribution in [0.2, 0.25) is 0 Å². The number of nitrogens with one attached hydrogen (secondary N) is 1. The highest BCUT2D eigenvalue weighted by atomic mass is 32.2. The lowest BCUT2D eigenvalue weighted by Gasteiger charge is -2.19. The fraction of sp³-hybridized carbons (Fsp3) is 0.227. The Labute approximate surface area is 196 Å². The molecule has 2 aliphatic rings. The molecule has 3 amide bonds. The monoisotopic (exact) mass is 492 g/mol. The summed E-state index contributed by atoms with van der Waals surface area (Å²) in [5.74, 6) is -0.315. The van der Waals surface area contributed by atoms with Crippen LogP contribution in [0.25, 0.3) is 6.08 Å². The zero-order valence-corrected chi connectivity index (χ0v) is 18.5. The summed E-state index contributed by atoms with van der Waals surface area (Å²) in [6.45, 7) is -2.68. The predicted octanol–water partition coefficient (Wildman–Crippen LogP) is 3.74. The van der Waals surface area contributed by atoms with Crippen molar-refractivity contribution in [1.82, 2.24) is 4.90 Å². The molecular formula is C22H18F2N2O7S. The lowest BCUT2D eigenvalue weighted by molar-refractivity contribution is -0.127. The Morgan fingerprint density at radius 1 is 1.15 bits per heavy atom. The molecule has 0 aromatic heterocycles. The predicted molar refractivity (Wildman–Crippen MR) is 118 cm³/mol. The van der Waals surface area contributed by atoms with E-state index in [2.05, 4.69) is 10.1 Å². The summed E-state index contributed by atoms with van der Waals surface area (Å²) in [7, 11) is 1.28. The molecule has 1 saturated heterocycles. The molecule has 0 unspecified atom stereocenters. The number of amides is 3. The first-order valence-electron chi connectivity index (χ1n) is 9.92. The van der Waals surface area contributed by atoms with Gasteiger partial charge >= 0.3 is 6.61 Å². The summed E-state index contributed by atoms with van der Waals surface area (Å²) >= 11 is 0.662. The van der Waals surface area contributed by atoms with Gasteiger partial charge in [0.1, 0.15) is 19.8 Å². The number of alkyl halides is 2. The summed E-state index contributed by atoms with van der Waals surface area (Å²) < 4.78 is 45.3. The lowest BCUT2D eigenvalue weighted by atomic mass is 10.2. The highest BCUT2D eigenvalue weighted by Gasteiger charge is 2.36. The molecule has 2 heterocycles. The van der Waals surface area contributed by atoms with E-state index < -0.39 is 30.2 Å². The topological polar surface area (TPSA) is 103 Å². The van der Waals surface area contributed by atoms with E-state index in [1.165, 1.54) is 31.4 Å². The summed E-state index contributed by atoms with van der Waals surface area (Å²) in [6.07, 6.45) is 1.40. The first-order valence-corrected chi connectivity index (χ1v) is 10.7. The Kier molecular flexibility index (Phi) is 6.87. The van der Waals surface area contributed by atoms with Crippen LogP contribution < -0.4 is 24.3 Å². The molecule has 2 aromatic carbocycles. The van der Waals surface area contributed by atoms with Crippen molar-refractivity contribution in [2.75, 3.05) is 32.2 Å². The van der Waals surface area contributed by atoms with Gasteiger partial charge in [-0.15, -0.1) is 0 Å². The summed E-state index contributed by atoms with van der Waals surface area (Å²) in [6, 6.07) is 8.95. The number of anilines is 1. The molecule has 2 aromatic rings. The highest BCUT2D eigenvalue weighted by molar-refractivity contribution is 8.18. The molecule has 12 heteroatoms. The molecule has 178 valence electrons. The second kappa shape index (κ2) is 10.00. The van der Waals surface area contributed by atoms with Crippen molar-refractivity contribution in [2.45, 2.75) is 6.61 Å². The van der Waals surface area contributed by atoms with Gasteiger partial charge in [0.05, 0.1) is 12.0 Å². The smallest absolute Gasteiger partial charge is 0.387 e. The minimum Gasteiger partial charge on any atom is -0.493 e. The van der Waals surface area contributed by atoms with Crippen LogP contribution in [0, 0.1) is 0 Å². The average Bonchev–Trinajstić information content (AvgIpc) is 3.06. The van der Waals surface area contributed by atoms with Crippen LogP contribution in [-0.4, -0.2) is 55.4 Å². The number of hydrogen-bond donors (Lipinski definition) is 1.